The van der Waals surface area contributed by atoms with Crippen LogP contribution in [0.3, 0.4) is 0 Å². The van der Waals surface area contributed by atoms with Crippen molar-refractivity contribution in [1.82, 2.24) is 14.9 Å². The van der Waals surface area contributed by atoms with Gasteiger partial charge in [-0.2, -0.15) is 4.98 Å². The minimum atomic E-state index is 0.00125. The van der Waals surface area contributed by atoms with Crippen LogP contribution in [-0.4, -0.2) is 52.6 Å². The van der Waals surface area contributed by atoms with Gasteiger partial charge in [0.1, 0.15) is 11.5 Å². The first-order valence-electron chi connectivity index (χ1n) is 13.5. The van der Waals surface area contributed by atoms with Crippen LogP contribution in [0.5, 0.6) is 0 Å². The molecule has 1 atom stereocenters. The Bertz CT molecular complexity index is 1080. The largest absolute Gasteiger partial charge is 0.374 e. The molecule has 3 heterocycles. The number of amides is 1. The van der Waals surface area contributed by atoms with Crippen molar-refractivity contribution in [3.05, 3.63) is 41.1 Å². The van der Waals surface area contributed by atoms with Gasteiger partial charge in [-0.1, -0.05) is 31.4 Å². The number of ether oxygens (including phenoxy) is 1. The number of fused-ring (bicyclic) bond motifs is 1. The lowest BCUT2D eigenvalue weighted by Gasteiger charge is -2.33. The molecule has 1 saturated heterocycles. The molecule has 7 heteroatoms. The number of nitrogens with one attached hydrogen (secondary N) is 1. The lowest BCUT2D eigenvalue weighted by molar-refractivity contribution is 0.0258. The summed E-state index contributed by atoms with van der Waals surface area (Å²) in [7, 11) is 0. The second-order valence-corrected chi connectivity index (χ2v) is 11.0. The summed E-state index contributed by atoms with van der Waals surface area (Å²) < 4.78 is 6.01. The molecular formula is C28H37N5O2. The number of aromatic nitrogens is 2. The van der Waals surface area contributed by atoms with Gasteiger partial charge in [0, 0.05) is 30.4 Å². The highest BCUT2D eigenvalue weighted by Crippen LogP contribution is 2.38. The SMILES string of the molecule is CC(C)N1Cc2c(Nc3ccc(C4CCCCC4)cc3)nc(N3CCOC(C4CC4)C3)nc2C1=O. The Balaban J connectivity index is 1.29. The van der Waals surface area contributed by atoms with Crippen LogP contribution in [-0.2, 0) is 11.3 Å². The Kier molecular flexibility index (Phi) is 6.13. The molecule has 2 aliphatic carbocycles. The van der Waals surface area contributed by atoms with Crippen LogP contribution in [0.25, 0.3) is 0 Å². The van der Waals surface area contributed by atoms with E-state index in [1.807, 2.05) is 4.90 Å². The molecule has 0 radical (unpaired) electrons. The van der Waals surface area contributed by atoms with Crippen LogP contribution in [0.15, 0.2) is 24.3 Å². The van der Waals surface area contributed by atoms with E-state index in [0.29, 0.717) is 36.6 Å². The fourth-order valence-corrected chi connectivity index (χ4v) is 5.86. The lowest BCUT2D eigenvalue weighted by atomic mass is 9.84. The maximum atomic E-state index is 13.2. The molecule has 3 fully saturated rings. The highest BCUT2D eigenvalue weighted by Gasteiger charge is 2.38. The molecule has 7 nitrogen and oxygen atoms in total. The number of nitrogens with zero attached hydrogens (tertiary/aromatic N) is 4. The fraction of sp³-hybridized carbons (Fsp3) is 0.607. The van der Waals surface area contributed by atoms with E-state index in [1.165, 1.54) is 50.5 Å². The van der Waals surface area contributed by atoms with E-state index in [0.717, 1.165) is 30.2 Å². The first kappa shape index (κ1) is 22.8. The summed E-state index contributed by atoms with van der Waals surface area (Å²) >= 11 is 0. The van der Waals surface area contributed by atoms with E-state index in [2.05, 4.69) is 48.3 Å². The molecule has 2 saturated carbocycles. The maximum absolute atomic E-state index is 13.2. The van der Waals surface area contributed by atoms with E-state index >= 15 is 0 Å². The molecule has 0 spiro atoms. The van der Waals surface area contributed by atoms with Crippen molar-refractivity contribution in [2.45, 2.75) is 83.4 Å². The number of carbonyl (C=O) groups excluding carboxylic acids is 1. The molecule has 2 aliphatic heterocycles. The van der Waals surface area contributed by atoms with Crippen LogP contribution in [0, 0.1) is 5.92 Å². The van der Waals surface area contributed by atoms with Crippen LogP contribution < -0.4 is 10.2 Å². The summed E-state index contributed by atoms with van der Waals surface area (Å²) in [6, 6.07) is 8.95. The van der Waals surface area contributed by atoms with Crippen molar-refractivity contribution in [3.63, 3.8) is 0 Å². The Morgan fingerprint density at radius 2 is 1.80 bits per heavy atom. The summed E-state index contributed by atoms with van der Waals surface area (Å²) in [4.78, 5) is 27.1. The minimum absolute atomic E-state index is 0.00125. The summed E-state index contributed by atoms with van der Waals surface area (Å²) in [6.45, 7) is 6.87. The number of benzene rings is 1. The Labute approximate surface area is 208 Å². The molecule has 1 aromatic heterocycles. The highest BCUT2D eigenvalue weighted by molar-refractivity contribution is 5.98. The van der Waals surface area contributed by atoms with E-state index < -0.39 is 0 Å². The monoisotopic (exact) mass is 475 g/mol. The van der Waals surface area contributed by atoms with Crippen LogP contribution in [0.1, 0.15) is 86.3 Å². The van der Waals surface area contributed by atoms with Crippen molar-refractivity contribution >= 4 is 23.4 Å². The van der Waals surface area contributed by atoms with Crippen molar-refractivity contribution in [3.8, 4) is 0 Å². The van der Waals surface area contributed by atoms with Gasteiger partial charge in [0.15, 0.2) is 0 Å². The standard InChI is InChI=1S/C28H37N5O2/c1-18(2)33-16-23-25(27(33)34)30-28(32-14-15-35-24(17-32)21-8-9-21)31-26(23)29-22-12-10-20(11-13-22)19-6-4-3-5-7-19/h10-13,18-19,21,24H,3-9,14-17H2,1-2H3,(H,29,30,31). The predicted octanol–water partition coefficient (Wildman–Crippen LogP) is 5.25. The zero-order valence-corrected chi connectivity index (χ0v) is 21.0. The molecule has 6 rings (SSSR count). The van der Waals surface area contributed by atoms with Crippen LogP contribution in [0.2, 0.25) is 0 Å². The number of rotatable bonds is 6. The normalized spacial score (nSPS) is 23.2. The highest BCUT2D eigenvalue weighted by atomic mass is 16.5. The smallest absolute Gasteiger partial charge is 0.273 e. The molecule has 4 aliphatic rings. The number of morpholine rings is 1. The van der Waals surface area contributed by atoms with Crippen molar-refractivity contribution in [2.75, 3.05) is 29.9 Å². The molecule has 2 aromatic rings. The Hall–Kier alpha value is -2.67. The molecule has 1 aromatic carbocycles. The predicted molar refractivity (Wildman–Crippen MR) is 137 cm³/mol. The van der Waals surface area contributed by atoms with Gasteiger partial charge < -0.3 is 19.9 Å². The second-order valence-electron chi connectivity index (χ2n) is 11.0. The van der Waals surface area contributed by atoms with Crippen molar-refractivity contribution in [2.24, 2.45) is 5.92 Å². The second kappa shape index (κ2) is 9.41. The van der Waals surface area contributed by atoms with Gasteiger partial charge in [-0.15, -0.1) is 0 Å². The number of anilines is 3. The average Bonchev–Trinajstić information content (AvgIpc) is 3.68. The van der Waals surface area contributed by atoms with Crippen LogP contribution >= 0.6 is 0 Å². The summed E-state index contributed by atoms with van der Waals surface area (Å²) in [6.07, 6.45) is 9.37. The first-order chi connectivity index (χ1) is 17.1. The maximum Gasteiger partial charge on any atom is 0.273 e. The van der Waals surface area contributed by atoms with Crippen LogP contribution in [0.4, 0.5) is 17.5 Å². The molecule has 1 amide bonds. The van der Waals surface area contributed by atoms with E-state index in [-0.39, 0.29) is 18.1 Å². The molecule has 35 heavy (non-hydrogen) atoms. The van der Waals surface area contributed by atoms with Crippen molar-refractivity contribution < 1.29 is 9.53 Å². The number of hydrogen-bond acceptors (Lipinski definition) is 6. The van der Waals surface area contributed by atoms with Gasteiger partial charge >= 0.3 is 0 Å². The van der Waals surface area contributed by atoms with E-state index in [4.69, 9.17) is 14.7 Å². The van der Waals surface area contributed by atoms with Gasteiger partial charge in [0.2, 0.25) is 5.95 Å². The van der Waals surface area contributed by atoms with E-state index in [1.54, 1.807) is 0 Å². The third kappa shape index (κ3) is 4.63. The van der Waals surface area contributed by atoms with Gasteiger partial charge in [0.25, 0.3) is 5.91 Å². The zero-order valence-electron chi connectivity index (χ0n) is 21.0. The van der Waals surface area contributed by atoms with Gasteiger partial charge in [-0.25, -0.2) is 4.98 Å². The summed E-state index contributed by atoms with van der Waals surface area (Å²) in [5.41, 5.74) is 3.88. The molecule has 186 valence electrons. The number of carbonyl (C=O) groups is 1. The quantitative estimate of drug-likeness (QED) is 0.616. The van der Waals surface area contributed by atoms with E-state index in [9.17, 15) is 4.79 Å². The average molecular weight is 476 g/mol. The Morgan fingerprint density at radius 3 is 2.51 bits per heavy atom. The topological polar surface area (TPSA) is 70.6 Å². The Morgan fingerprint density at radius 1 is 1.03 bits per heavy atom. The van der Waals surface area contributed by atoms with Gasteiger partial charge in [-0.05, 0) is 69.1 Å². The van der Waals surface area contributed by atoms with Gasteiger partial charge in [0.05, 0.1) is 19.3 Å². The summed E-state index contributed by atoms with van der Waals surface area (Å²) in [5.74, 6) is 2.73. The molecule has 0 bridgehead atoms. The zero-order chi connectivity index (χ0) is 23.9. The fourth-order valence-electron chi connectivity index (χ4n) is 5.86. The molecule has 1 unspecified atom stereocenters. The van der Waals surface area contributed by atoms with Crippen molar-refractivity contribution in [1.29, 1.82) is 0 Å². The first-order valence-corrected chi connectivity index (χ1v) is 13.5. The minimum Gasteiger partial charge on any atom is -0.374 e. The number of hydrogen-bond donors (Lipinski definition) is 1. The molecular weight excluding hydrogens is 438 g/mol. The lowest BCUT2D eigenvalue weighted by Crippen LogP contribution is -2.44. The van der Waals surface area contributed by atoms with Gasteiger partial charge in [-0.3, -0.25) is 4.79 Å². The summed E-state index contributed by atoms with van der Waals surface area (Å²) in [5, 5.41) is 3.55. The third-order valence-corrected chi connectivity index (χ3v) is 8.18. The molecule has 1 N–H and O–H groups in total. The third-order valence-electron chi connectivity index (χ3n) is 8.18.